The summed E-state index contributed by atoms with van der Waals surface area (Å²) in [4.78, 5) is 2.54. The van der Waals surface area contributed by atoms with Crippen LogP contribution < -0.4 is 10.1 Å². The predicted molar refractivity (Wildman–Crippen MR) is 98.3 cm³/mol. The Morgan fingerprint density at radius 3 is 2.91 bits per heavy atom. The molecule has 2 rings (SSSR count). The lowest BCUT2D eigenvalue weighted by molar-refractivity contribution is 0.145. The second-order valence-electron chi connectivity index (χ2n) is 6.76. The topological polar surface area (TPSA) is 24.5 Å². The summed E-state index contributed by atoms with van der Waals surface area (Å²) >= 11 is 0. The Morgan fingerprint density at radius 2 is 2.17 bits per heavy atom. The second kappa shape index (κ2) is 9.94. The molecule has 1 aliphatic heterocycles. The van der Waals surface area contributed by atoms with Crippen molar-refractivity contribution in [3.05, 3.63) is 29.8 Å². The van der Waals surface area contributed by atoms with E-state index in [4.69, 9.17) is 4.74 Å². The number of ether oxygens (including phenoxy) is 1. The van der Waals surface area contributed by atoms with Crippen molar-refractivity contribution in [2.45, 2.75) is 64.5 Å². The number of hydrogen-bond acceptors (Lipinski definition) is 3. The molecule has 0 aromatic heterocycles. The molecule has 0 saturated carbocycles. The van der Waals surface area contributed by atoms with Crippen molar-refractivity contribution in [3.8, 4) is 5.75 Å². The second-order valence-corrected chi connectivity index (χ2v) is 6.76. The van der Waals surface area contributed by atoms with E-state index in [-0.39, 0.29) is 0 Å². The van der Waals surface area contributed by atoms with Gasteiger partial charge >= 0.3 is 0 Å². The zero-order chi connectivity index (χ0) is 16.5. The zero-order valence-corrected chi connectivity index (χ0v) is 15.2. The Bertz CT molecular complexity index is 449. The average molecular weight is 319 g/mol. The summed E-state index contributed by atoms with van der Waals surface area (Å²) in [6, 6.07) is 9.84. The largest absolute Gasteiger partial charge is 0.494 e. The van der Waals surface area contributed by atoms with E-state index < -0.39 is 0 Å². The van der Waals surface area contributed by atoms with Gasteiger partial charge in [-0.3, -0.25) is 0 Å². The molecule has 0 spiro atoms. The first-order valence-corrected chi connectivity index (χ1v) is 9.40. The van der Waals surface area contributed by atoms with E-state index in [1.807, 2.05) is 0 Å². The van der Waals surface area contributed by atoms with Crippen LogP contribution >= 0.6 is 0 Å². The molecule has 23 heavy (non-hydrogen) atoms. The molecule has 1 aromatic rings. The van der Waals surface area contributed by atoms with Crippen LogP contribution in [0.4, 0.5) is 0 Å². The van der Waals surface area contributed by atoms with Crippen LogP contribution in [-0.2, 0) is 6.42 Å². The fourth-order valence-electron chi connectivity index (χ4n) is 3.57. The molecule has 1 aromatic carbocycles. The van der Waals surface area contributed by atoms with Gasteiger partial charge in [0, 0.05) is 12.1 Å². The fraction of sp³-hybridized carbons (Fsp3) is 0.700. The van der Waals surface area contributed by atoms with Crippen molar-refractivity contribution < 1.29 is 4.74 Å². The number of hydrogen-bond donors (Lipinski definition) is 1. The van der Waals surface area contributed by atoms with Crippen LogP contribution in [0.25, 0.3) is 0 Å². The zero-order valence-electron chi connectivity index (χ0n) is 15.2. The molecule has 0 bridgehead atoms. The van der Waals surface area contributed by atoms with E-state index in [1.165, 1.54) is 37.8 Å². The maximum Gasteiger partial charge on any atom is 0.119 e. The lowest BCUT2D eigenvalue weighted by Gasteiger charge is -2.38. The maximum absolute atomic E-state index is 5.86. The number of unbranched alkanes of at least 4 members (excludes halogenated alkanes) is 1. The average Bonchev–Trinajstić information content (AvgIpc) is 2.56. The molecule has 0 radical (unpaired) electrons. The molecule has 2 unspecified atom stereocenters. The molecule has 1 heterocycles. The SMILES string of the molecule is CCCCOc1cccc(CC(NCC)C2CCCCN2C)c1. The Balaban J connectivity index is 1.99. The quantitative estimate of drug-likeness (QED) is 0.700. The first-order valence-electron chi connectivity index (χ1n) is 9.40. The maximum atomic E-state index is 5.86. The van der Waals surface area contributed by atoms with Crippen LogP contribution in [0, 0.1) is 0 Å². The molecule has 0 amide bonds. The third-order valence-electron chi connectivity index (χ3n) is 4.88. The monoisotopic (exact) mass is 318 g/mol. The Morgan fingerprint density at radius 1 is 1.30 bits per heavy atom. The number of benzene rings is 1. The van der Waals surface area contributed by atoms with Crippen LogP contribution in [0.3, 0.4) is 0 Å². The molecule has 1 N–H and O–H groups in total. The third kappa shape index (κ3) is 5.82. The molecule has 3 nitrogen and oxygen atoms in total. The van der Waals surface area contributed by atoms with E-state index >= 15 is 0 Å². The highest BCUT2D eigenvalue weighted by atomic mass is 16.5. The van der Waals surface area contributed by atoms with Gasteiger partial charge in [-0.25, -0.2) is 0 Å². The van der Waals surface area contributed by atoms with E-state index in [1.54, 1.807) is 0 Å². The number of likely N-dealkylation sites (N-methyl/N-ethyl adjacent to an activating group) is 2. The summed E-state index contributed by atoms with van der Waals surface area (Å²) in [5.41, 5.74) is 1.38. The number of piperidine rings is 1. The molecular formula is C20H34N2O. The van der Waals surface area contributed by atoms with Crippen molar-refractivity contribution in [1.29, 1.82) is 0 Å². The van der Waals surface area contributed by atoms with E-state index in [9.17, 15) is 0 Å². The van der Waals surface area contributed by atoms with Gasteiger partial charge in [-0.15, -0.1) is 0 Å². The van der Waals surface area contributed by atoms with Crippen molar-refractivity contribution in [2.75, 3.05) is 26.7 Å². The predicted octanol–water partition coefficient (Wildman–Crippen LogP) is 3.87. The van der Waals surface area contributed by atoms with Crippen LogP contribution in [0.1, 0.15) is 51.5 Å². The van der Waals surface area contributed by atoms with Crippen LogP contribution in [0.2, 0.25) is 0 Å². The smallest absolute Gasteiger partial charge is 0.119 e. The minimum Gasteiger partial charge on any atom is -0.494 e. The Labute approximate surface area is 142 Å². The Hall–Kier alpha value is -1.06. The van der Waals surface area contributed by atoms with E-state index in [2.05, 4.69) is 55.4 Å². The van der Waals surface area contributed by atoms with Gasteiger partial charge in [-0.1, -0.05) is 38.8 Å². The minimum atomic E-state index is 0.524. The van der Waals surface area contributed by atoms with Crippen LogP contribution in [0.15, 0.2) is 24.3 Å². The van der Waals surface area contributed by atoms with Gasteiger partial charge in [-0.05, 0) is 63.5 Å². The number of nitrogens with one attached hydrogen (secondary N) is 1. The summed E-state index contributed by atoms with van der Waals surface area (Å²) in [7, 11) is 2.28. The van der Waals surface area contributed by atoms with Gasteiger partial charge in [0.05, 0.1) is 6.61 Å². The molecule has 2 atom stereocenters. The molecule has 1 fully saturated rings. The molecule has 1 aliphatic rings. The number of rotatable bonds is 9. The summed E-state index contributed by atoms with van der Waals surface area (Å²) < 4.78 is 5.86. The van der Waals surface area contributed by atoms with Crippen molar-refractivity contribution in [1.82, 2.24) is 10.2 Å². The van der Waals surface area contributed by atoms with Crippen molar-refractivity contribution in [3.63, 3.8) is 0 Å². The van der Waals surface area contributed by atoms with Crippen LogP contribution in [-0.4, -0.2) is 43.7 Å². The van der Waals surface area contributed by atoms with Gasteiger partial charge in [0.2, 0.25) is 0 Å². The molecule has 3 heteroatoms. The lowest BCUT2D eigenvalue weighted by Crippen LogP contribution is -2.51. The van der Waals surface area contributed by atoms with Gasteiger partial charge < -0.3 is 15.0 Å². The third-order valence-corrected chi connectivity index (χ3v) is 4.88. The first-order chi connectivity index (χ1) is 11.2. The highest BCUT2D eigenvalue weighted by Crippen LogP contribution is 2.22. The van der Waals surface area contributed by atoms with Gasteiger partial charge in [0.15, 0.2) is 0 Å². The minimum absolute atomic E-state index is 0.524. The molecule has 1 saturated heterocycles. The number of likely N-dealkylation sites (tertiary alicyclic amines) is 1. The Kier molecular flexibility index (Phi) is 7.90. The summed E-state index contributed by atoms with van der Waals surface area (Å²) in [6.07, 6.45) is 7.38. The van der Waals surface area contributed by atoms with Crippen molar-refractivity contribution in [2.24, 2.45) is 0 Å². The van der Waals surface area contributed by atoms with E-state index in [0.29, 0.717) is 12.1 Å². The fourth-order valence-corrected chi connectivity index (χ4v) is 3.57. The highest BCUT2D eigenvalue weighted by Gasteiger charge is 2.27. The van der Waals surface area contributed by atoms with Crippen LogP contribution in [0.5, 0.6) is 5.75 Å². The first kappa shape index (κ1) is 18.3. The van der Waals surface area contributed by atoms with Crippen molar-refractivity contribution >= 4 is 0 Å². The standard InChI is InChI=1S/C20H34N2O/c1-4-6-14-23-18-11-9-10-17(15-18)16-19(21-5-2)20-12-7-8-13-22(20)3/h9-11,15,19-21H,4-8,12-14,16H2,1-3H3. The van der Waals surface area contributed by atoms with Gasteiger partial charge in [-0.2, -0.15) is 0 Å². The van der Waals surface area contributed by atoms with Gasteiger partial charge in [0.1, 0.15) is 5.75 Å². The van der Waals surface area contributed by atoms with Gasteiger partial charge in [0.25, 0.3) is 0 Å². The summed E-state index contributed by atoms with van der Waals surface area (Å²) in [5.74, 6) is 1.02. The van der Waals surface area contributed by atoms with E-state index in [0.717, 1.165) is 31.7 Å². The number of nitrogens with zero attached hydrogens (tertiary/aromatic N) is 1. The lowest BCUT2D eigenvalue weighted by atomic mass is 9.91. The summed E-state index contributed by atoms with van der Waals surface area (Å²) in [5, 5.41) is 3.72. The highest BCUT2D eigenvalue weighted by molar-refractivity contribution is 5.29. The molecule has 130 valence electrons. The molecular weight excluding hydrogens is 284 g/mol. The normalized spacial score (nSPS) is 20.4. The summed E-state index contributed by atoms with van der Waals surface area (Å²) in [6.45, 7) is 7.48. The molecule has 0 aliphatic carbocycles.